The first-order chi connectivity index (χ1) is 14.0. The van der Waals surface area contributed by atoms with Crippen LogP contribution in [0.4, 0.5) is 10.2 Å². The number of aromatic nitrogens is 6. The average Bonchev–Trinajstić information content (AvgIpc) is 3.36. The van der Waals surface area contributed by atoms with E-state index in [2.05, 4.69) is 36.7 Å². The van der Waals surface area contributed by atoms with Crippen molar-refractivity contribution in [3.05, 3.63) is 66.5 Å². The van der Waals surface area contributed by atoms with Crippen molar-refractivity contribution >= 4 is 17.0 Å². The minimum atomic E-state index is -0.737. The van der Waals surface area contributed by atoms with E-state index in [0.717, 1.165) is 24.5 Å². The van der Waals surface area contributed by atoms with E-state index < -0.39 is 6.10 Å². The van der Waals surface area contributed by atoms with Crippen LogP contribution in [0.3, 0.4) is 0 Å². The zero-order valence-corrected chi connectivity index (χ0v) is 15.8. The van der Waals surface area contributed by atoms with Crippen LogP contribution in [0.15, 0.2) is 49.4 Å². The number of anilines is 1. The Morgan fingerprint density at radius 2 is 2.00 bits per heavy atom. The Balaban J connectivity index is 1.38. The molecular formula is C20H20FN7O. The van der Waals surface area contributed by atoms with Crippen molar-refractivity contribution in [1.29, 1.82) is 0 Å². The van der Waals surface area contributed by atoms with Crippen molar-refractivity contribution < 1.29 is 9.50 Å². The fourth-order valence-corrected chi connectivity index (χ4v) is 3.95. The van der Waals surface area contributed by atoms with Crippen molar-refractivity contribution in [1.82, 2.24) is 29.5 Å². The van der Waals surface area contributed by atoms with Crippen LogP contribution in [0, 0.1) is 5.82 Å². The molecule has 29 heavy (non-hydrogen) atoms. The number of benzene rings is 1. The summed E-state index contributed by atoms with van der Waals surface area (Å²) in [5.74, 6) is 0.540. The standard InChI is InChI=1S/C20H20FN7O/c1-20(13-2-4-14(21)5-3-13)8-28(9-20)19-17-18(24-11-25-19)27(12-26-17)7-16(29)15-6-22-10-23-15/h2-6,10-12,16,29H,7-9H2,1H3,(H,22,23). The lowest BCUT2D eigenvalue weighted by atomic mass is 9.75. The second-order valence-corrected chi connectivity index (χ2v) is 7.71. The minimum absolute atomic E-state index is 0.0651. The van der Waals surface area contributed by atoms with Crippen LogP contribution in [0.25, 0.3) is 11.2 Å². The zero-order chi connectivity index (χ0) is 20.0. The summed E-state index contributed by atoms with van der Waals surface area (Å²) in [6.07, 6.45) is 5.58. The summed E-state index contributed by atoms with van der Waals surface area (Å²) in [4.78, 5) is 22.3. The van der Waals surface area contributed by atoms with Gasteiger partial charge in [-0.3, -0.25) is 0 Å². The molecule has 1 fully saturated rings. The maximum absolute atomic E-state index is 13.2. The fraction of sp³-hybridized carbons (Fsp3) is 0.300. The molecule has 1 aliphatic rings. The van der Waals surface area contributed by atoms with Gasteiger partial charge in [-0.15, -0.1) is 0 Å². The number of H-pyrrole nitrogens is 1. The van der Waals surface area contributed by atoms with Crippen molar-refractivity contribution in [3.63, 3.8) is 0 Å². The van der Waals surface area contributed by atoms with Gasteiger partial charge in [0, 0.05) is 18.5 Å². The number of fused-ring (bicyclic) bond motifs is 1. The molecule has 0 bridgehead atoms. The lowest BCUT2D eigenvalue weighted by Gasteiger charge is -2.49. The van der Waals surface area contributed by atoms with E-state index in [9.17, 15) is 9.50 Å². The molecule has 4 aromatic rings. The van der Waals surface area contributed by atoms with Crippen molar-refractivity contribution in [2.45, 2.75) is 25.0 Å². The van der Waals surface area contributed by atoms with Crippen molar-refractivity contribution in [3.8, 4) is 0 Å². The third-order valence-corrected chi connectivity index (χ3v) is 5.55. The lowest BCUT2D eigenvalue weighted by molar-refractivity contribution is 0.153. The molecule has 0 radical (unpaired) electrons. The van der Waals surface area contributed by atoms with Gasteiger partial charge in [-0.1, -0.05) is 19.1 Å². The molecule has 0 aliphatic carbocycles. The first-order valence-electron chi connectivity index (χ1n) is 9.37. The number of aliphatic hydroxyl groups is 1. The molecule has 2 N–H and O–H groups in total. The van der Waals surface area contributed by atoms with Crippen LogP contribution in [-0.2, 0) is 12.0 Å². The van der Waals surface area contributed by atoms with Gasteiger partial charge in [-0.25, -0.2) is 24.3 Å². The van der Waals surface area contributed by atoms with Gasteiger partial charge in [-0.05, 0) is 17.7 Å². The number of hydrogen-bond acceptors (Lipinski definition) is 6. The molecule has 4 heterocycles. The minimum Gasteiger partial charge on any atom is -0.385 e. The van der Waals surface area contributed by atoms with Crippen LogP contribution in [0.5, 0.6) is 0 Å². The van der Waals surface area contributed by atoms with Crippen LogP contribution in [-0.4, -0.2) is 47.7 Å². The molecule has 8 nitrogen and oxygen atoms in total. The Kier molecular flexibility index (Phi) is 4.06. The monoisotopic (exact) mass is 393 g/mol. The van der Waals surface area contributed by atoms with E-state index in [-0.39, 0.29) is 11.2 Å². The van der Waals surface area contributed by atoms with E-state index in [1.54, 1.807) is 12.5 Å². The molecule has 1 atom stereocenters. The highest BCUT2D eigenvalue weighted by molar-refractivity contribution is 5.84. The zero-order valence-electron chi connectivity index (χ0n) is 15.8. The smallest absolute Gasteiger partial charge is 0.165 e. The first-order valence-corrected chi connectivity index (χ1v) is 9.37. The van der Waals surface area contributed by atoms with Crippen molar-refractivity contribution in [2.24, 2.45) is 0 Å². The summed E-state index contributed by atoms with van der Waals surface area (Å²) in [6, 6.07) is 6.68. The second-order valence-electron chi connectivity index (χ2n) is 7.71. The molecular weight excluding hydrogens is 373 g/mol. The van der Waals surface area contributed by atoms with E-state index in [0.29, 0.717) is 23.4 Å². The maximum Gasteiger partial charge on any atom is 0.165 e. The molecule has 9 heteroatoms. The molecule has 1 aliphatic heterocycles. The second kappa shape index (κ2) is 6.63. The maximum atomic E-state index is 13.2. The molecule has 1 saturated heterocycles. The molecule has 0 saturated carbocycles. The number of aromatic amines is 1. The molecule has 1 aromatic carbocycles. The highest BCUT2D eigenvalue weighted by atomic mass is 19.1. The topological polar surface area (TPSA) is 95.8 Å². The first kappa shape index (κ1) is 17.7. The Bertz CT molecular complexity index is 1130. The Hall–Kier alpha value is -3.33. The molecule has 0 amide bonds. The summed E-state index contributed by atoms with van der Waals surface area (Å²) >= 11 is 0. The SMILES string of the molecule is CC1(c2ccc(F)cc2)CN(c2ncnc3c2ncn3CC(O)c2cnc[nH]2)C1. The number of halogens is 1. The highest BCUT2D eigenvalue weighted by Crippen LogP contribution is 2.38. The number of imidazole rings is 2. The lowest BCUT2D eigenvalue weighted by Crippen LogP contribution is -2.58. The predicted molar refractivity (Wildman–Crippen MR) is 105 cm³/mol. The molecule has 3 aromatic heterocycles. The van der Waals surface area contributed by atoms with Gasteiger partial charge in [0.05, 0.1) is 31.1 Å². The van der Waals surface area contributed by atoms with E-state index >= 15 is 0 Å². The summed E-state index contributed by atoms with van der Waals surface area (Å²) in [6.45, 7) is 3.99. The number of rotatable bonds is 5. The average molecular weight is 393 g/mol. The van der Waals surface area contributed by atoms with Gasteiger partial charge < -0.3 is 19.6 Å². The van der Waals surface area contributed by atoms with Crippen LogP contribution >= 0.6 is 0 Å². The molecule has 0 spiro atoms. The quantitative estimate of drug-likeness (QED) is 0.540. The molecule has 1 unspecified atom stereocenters. The largest absolute Gasteiger partial charge is 0.385 e. The van der Waals surface area contributed by atoms with Crippen LogP contribution in [0.2, 0.25) is 0 Å². The third kappa shape index (κ3) is 3.03. The summed E-state index contributed by atoms with van der Waals surface area (Å²) < 4.78 is 15.0. The van der Waals surface area contributed by atoms with Gasteiger partial charge in [0.2, 0.25) is 0 Å². The summed E-state index contributed by atoms with van der Waals surface area (Å²) in [5, 5.41) is 10.4. The molecule has 5 rings (SSSR count). The Labute approximate surface area is 166 Å². The van der Waals surface area contributed by atoms with Crippen molar-refractivity contribution in [2.75, 3.05) is 18.0 Å². The van der Waals surface area contributed by atoms with Gasteiger partial charge in [0.25, 0.3) is 0 Å². The van der Waals surface area contributed by atoms with E-state index in [1.165, 1.54) is 24.8 Å². The number of aliphatic hydroxyl groups excluding tert-OH is 1. The van der Waals surface area contributed by atoms with Crippen LogP contribution < -0.4 is 4.90 Å². The normalized spacial score (nSPS) is 16.7. The Morgan fingerprint density at radius 1 is 1.21 bits per heavy atom. The highest BCUT2D eigenvalue weighted by Gasteiger charge is 2.41. The van der Waals surface area contributed by atoms with E-state index in [1.807, 2.05) is 16.7 Å². The summed E-state index contributed by atoms with van der Waals surface area (Å²) in [5.41, 5.74) is 3.05. The Morgan fingerprint density at radius 3 is 2.72 bits per heavy atom. The number of nitrogens with zero attached hydrogens (tertiary/aromatic N) is 6. The third-order valence-electron chi connectivity index (χ3n) is 5.55. The number of hydrogen-bond donors (Lipinski definition) is 2. The summed E-state index contributed by atoms with van der Waals surface area (Å²) in [7, 11) is 0. The molecule has 148 valence electrons. The fourth-order valence-electron chi connectivity index (χ4n) is 3.95. The van der Waals surface area contributed by atoms with Crippen LogP contribution in [0.1, 0.15) is 24.3 Å². The van der Waals surface area contributed by atoms with E-state index in [4.69, 9.17) is 0 Å². The van der Waals surface area contributed by atoms with Gasteiger partial charge in [0.1, 0.15) is 18.2 Å². The predicted octanol–water partition coefficient (Wildman–Crippen LogP) is 2.20. The number of nitrogens with one attached hydrogen (secondary N) is 1. The van der Waals surface area contributed by atoms with Gasteiger partial charge >= 0.3 is 0 Å². The van der Waals surface area contributed by atoms with Gasteiger partial charge in [0.15, 0.2) is 17.0 Å². The van der Waals surface area contributed by atoms with Gasteiger partial charge in [-0.2, -0.15) is 0 Å².